The first-order chi connectivity index (χ1) is 7.66. The molecule has 1 aliphatic heterocycles. The molecule has 1 saturated heterocycles. The molecule has 6 heteroatoms. The molecule has 2 N–H and O–H groups in total. The van der Waals surface area contributed by atoms with Crippen LogP contribution in [0, 0.1) is 0 Å². The van der Waals surface area contributed by atoms with Gasteiger partial charge in [0.1, 0.15) is 0 Å². The highest BCUT2D eigenvalue weighted by Gasteiger charge is 2.31. The standard InChI is InChI=1S/C10H18IN3O2/c1-8(15)14-6-2-3-9(14)10(16)7-12-4-5-13-11/h9,12-13H,2-7H2,1H3. The van der Waals surface area contributed by atoms with E-state index in [0.717, 1.165) is 32.5 Å². The number of hydrogen-bond donors (Lipinski definition) is 2. The van der Waals surface area contributed by atoms with E-state index < -0.39 is 0 Å². The summed E-state index contributed by atoms with van der Waals surface area (Å²) < 4.78 is 2.97. The lowest BCUT2D eigenvalue weighted by Crippen LogP contribution is -2.43. The van der Waals surface area contributed by atoms with E-state index in [-0.39, 0.29) is 17.7 Å². The highest BCUT2D eigenvalue weighted by atomic mass is 127. The molecule has 1 aliphatic rings. The smallest absolute Gasteiger partial charge is 0.220 e. The van der Waals surface area contributed by atoms with Gasteiger partial charge >= 0.3 is 0 Å². The van der Waals surface area contributed by atoms with Crippen LogP contribution in [0.2, 0.25) is 0 Å². The molecule has 1 fully saturated rings. The number of carbonyl (C=O) groups excluding carboxylic acids is 2. The Hall–Kier alpha value is -0.210. The molecule has 1 heterocycles. The van der Waals surface area contributed by atoms with Crippen LogP contribution in [0.4, 0.5) is 0 Å². The molecule has 5 nitrogen and oxygen atoms in total. The summed E-state index contributed by atoms with van der Waals surface area (Å²) in [6, 6.07) is -0.197. The molecule has 1 unspecified atom stereocenters. The van der Waals surface area contributed by atoms with Crippen molar-refractivity contribution < 1.29 is 9.59 Å². The summed E-state index contributed by atoms with van der Waals surface area (Å²) in [5, 5.41) is 3.07. The molecule has 1 rings (SSSR count). The van der Waals surface area contributed by atoms with E-state index in [2.05, 4.69) is 31.7 Å². The predicted molar refractivity (Wildman–Crippen MR) is 70.3 cm³/mol. The molecule has 0 aromatic carbocycles. The van der Waals surface area contributed by atoms with Gasteiger partial charge in [0.05, 0.1) is 12.6 Å². The first-order valence-electron chi connectivity index (χ1n) is 5.51. The van der Waals surface area contributed by atoms with Crippen LogP contribution in [0.25, 0.3) is 0 Å². The number of carbonyl (C=O) groups is 2. The van der Waals surface area contributed by atoms with Crippen LogP contribution in [0.5, 0.6) is 0 Å². The van der Waals surface area contributed by atoms with Crippen LogP contribution in [-0.4, -0.2) is 48.8 Å². The summed E-state index contributed by atoms with van der Waals surface area (Å²) in [6.07, 6.45) is 1.75. The zero-order valence-corrected chi connectivity index (χ0v) is 11.6. The minimum Gasteiger partial charge on any atom is -0.333 e. The predicted octanol–water partition coefficient (Wildman–Crippen LogP) is 0.0956. The molecule has 0 radical (unpaired) electrons. The molecule has 0 spiro atoms. The van der Waals surface area contributed by atoms with E-state index in [1.54, 1.807) is 4.90 Å². The van der Waals surface area contributed by atoms with Gasteiger partial charge in [-0.2, -0.15) is 0 Å². The van der Waals surface area contributed by atoms with Gasteiger partial charge in [-0.3, -0.25) is 13.1 Å². The van der Waals surface area contributed by atoms with Crippen molar-refractivity contribution in [2.75, 3.05) is 26.2 Å². The zero-order chi connectivity index (χ0) is 12.0. The summed E-state index contributed by atoms with van der Waals surface area (Å²) in [6.45, 7) is 4.20. The average molecular weight is 339 g/mol. The van der Waals surface area contributed by atoms with Gasteiger partial charge in [0.2, 0.25) is 5.91 Å². The largest absolute Gasteiger partial charge is 0.333 e. The fraction of sp³-hybridized carbons (Fsp3) is 0.800. The number of ketones is 1. The lowest BCUT2D eigenvalue weighted by molar-refractivity contribution is -0.135. The quantitative estimate of drug-likeness (QED) is 0.409. The minimum absolute atomic E-state index is 0.00442. The number of nitrogens with zero attached hydrogens (tertiary/aromatic N) is 1. The molecule has 0 aliphatic carbocycles. The van der Waals surface area contributed by atoms with Crippen LogP contribution in [0.15, 0.2) is 0 Å². The fourth-order valence-electron chi connectivity index (χ4n) is 1.94. The van der Waals surface area contributed by atoms with E-state index in [1.165, 1.54) is 6.92 Å². The Balaban J connectivity index is 2.32. The maximum atomic E-state index is 11.8. The van der Waals surface area contributed by atoms with Crippen molar-refractivity contribution in [2.45, 2.75) is 25.8 Å². The lowest BCUT2D eigenvalue weighted by atomic mass is 10.1. The molecule has 16 heavy (non-hydrogen) atoms. The summed E-state index contributed by atoms with van der Waals surface area (Å²) in [5.74, 6) is 0.130. The van der Waals surface area contributed by atoms with Crippen LogP contribution >= 0.6 is 22.9 Å². The average Bonchev–Trinajstić information content (AvgIpc) is 2.73. The van der Waals surface area contributed by atoms with Crippen LogP contribution < -0.4 is 8.85 Å². The van der Waals surface area contributed by atoms with Crippen molar-refractivity contribution in [3.8, 4) is 0 Å². The SMILES string of the molecule is CC(=O)N1CCCC1C(=O)CNCCNI. The maximum Gasteiger partial charge on any atom is 0.220 e. The highest BCUT2D eigenvalue weighted by Crippen LogP contribution is 2.17. The van der Waals surface area contributed by atoms with E-state index in [9.17, 15) is 9.59 Å². The third kappa shape index (κ3) is 3.99. The molecule has 1 amide bonds. The number of nitrogens with one attached hydrogen (secondary N) is 2. The third-order valence-corrected chi connectivity index (χ3v) is 3.26. The van der Waals surface area contributed by atoms with Crippen molar-refractivity contribution in [3.63, 3.8) is 0 Å². The fourth-order valence-corrected chi connectivity index (χ4v) is 2.21. The number of hydrogen-bond acceptors (Lipinski definition) is 4. The Morgan fingerprint density at radius 3 is 2.81 bits per heavy atom. The number of Topliss-reactive ketones (excluding diaryl/α,β-unsaturated/α-hetero) is 1. The van der Waals surface area contributed by atoms with E-state index in [1.807, 2.05) is 0 Å². The van der Waals surface area contributed by atoms with Gasteiger partial charge in [-0.05, 0) is 12.8 Å². The molecular weight excluding hydrogens is 321 g/mol. The number of likely N-dealkylation sites (tertiary alicyclic amines) is 1. The molecule has 0 saturated carbocycles. The second-order valence-corrected chi connectivity index (χ2v) is 4.66. The van der Waals surface area contributed by atoms with E-state index in [4.69, 9.17) is 0 Å². The molecule has 92 valence electrons. The number of rotatable bonds is 6. The summed E-state index contributed by atoms with van der Waals surface area (Å²) in [4.78, 5) is 24.8. The molecule has 0 aromatic rings. The minimum atomic E-state index is -0.197. The Kier molecular flexibility index (Phi) is 6.22. The Labute approximate surface area is 110 Å². The van der Waals surface area contributed by atoms with Crippen LogP contribution in [0.3, 0.4) is 0 Å². The van der Waals surface area contributed by atoms with Gasteiger partial charge in [0.15, 0.2) is 5.78 Å². The Morgan fingerprint density at radius 2 is 2.19 bits per heavy atom. The van der Waals surface area contributed by atoms with Gasteiger partial charge in [-0.25, -0.2) is 0 Å². The van der Waals surface area contributed by atoms with E-state index >= 15 is 0 Å². The van der Waals surface area contributed by atoms with Gasteiger partial charge in [-0.15, -0.1) is 0 Å². The van der Waals surface area contributed by atoms with Crippen LogP contribution in [-0.2, 0) is 9.59 Å². The molecule has 0 aromatic heterocycles. The zero-order valence-electron chi connectivity index (χ0n) is 9.46. The van der Waals surface area contributed by atoms with Crippen LogP contribution in [0.1, 0.15) is 19.8 Å². The Morgan fingerprint density at radius 1 is 1.44 bits per heavy atom. The number of amides is 1. The number of halogens is 1. The monoisotopic (exact) mass is 339 g/mol. The second-order valence-electron chi connectivity index (χ2n) is 3.90. The first-order valence-corrected chi connectivity index (χ1v) is 6.59. The van der Waals surface area contributed by atoms with Crippen molar-refractivity contribution >= 4 is 34.6 Å². The first kappa shape index (κ1) is 13.9. The van der Waals surface area contributed by atoms with Crippen molar-refractivity contribution in [3.05, 3.63) is 0 Å². The molecular formula is C10H18IN3O2. The second kappa shape index (κ2) is 7.18. The van der Waals surface area contributed by atoms with Gasteiger partial charge in [0, 0.05) is 49.4 Å². The topological polar surface area (TPSA) is 61.4 Å². The van der Waals surface area contributed by atoms with Crippen molar-refractivity contribution in [1.29, 1.82) is 0 Å². The van der Waals surface area contributed by atoms with Gasteiger partial charge in [0.25, 0.3) is 0 Å². The summed E-state index contributed by atoms with van der Waals surface area (Å²) in [7, 11) is 0. The molecule has 1 atom stereocenters. The highest BCUT2D eigenvalue weighted by molar-refractivity contribution is 14.1. The third-order valence-electron chi connectivity index (χ3n) is 2.72. The normalized spacial score (nSPS) is 20.1. The van der Waals surface area contributed by atoms with Crippen molar-refractivity contribution in [2.24, 2.45) is 0 Å². The van der Waals surface area contributed by atoms with Gasteiger partial charge in [-0.1, -0.05) is 0 Å². The maximum absolute atomic E-state index is 11.8. The summed E-state index contributed by atoms with van der Waals surface area (Å²) >= 11 is 2.07. The Bertz CT molecular complexity index is 260. The van der Waals surface area contributed by atoms with E-state index in [0.29, 0.717) is 6.54 Å². The van der Waals surface area contributed by atoms with Gasteiger partial charge < -0.3 is 10.2 Å². The molecule has 0 bridgehead atoms. The summed E-state index contributed by atoms with van der Waals surface area (Å²) in [5.41, 5.74) is 0. The lowest BCUT2D eigenvalue weighted by Gasteiger charge is -2.22. The van der Waals surface area contributed by atoms with Crippen molar-refractivity contribution in [1.82, 2.24) is 13.7 Å².